The summed E-state index contributed by atoms with van der Waals surface area (Å²) in [5.41, 5.74) is -0.0583. The summed E-state index contributed by atoms with van der Waals surface area (Å²) in [6, 6.07) is 5.10. The van der Waals surface area contributed by atoms with E-state index >= 15 is 0 Å². The third-order valence-corrected chi connectivity index (χ3v) is 8.21. The van der Waals surface area contributed by atoms with Gasteiger partial charge in [0.15, 0.2) is 0 Å². The van der Waals surface area contributed by atoms with Gasteiger partial charge in [-0.2, -0.15) is 4.31 Å². The Bertz CT molecular complexity index is 733. The second kappa shape index (κ2) is 5.32. The van der Waals surface area contributed by atoms with Crippen LogP contribution in [0.4, 0.5) is 0 Å². The molecule has 1 aliphatic carbocycles. The lowest BCUT2D eigenvalue weighted by molar-refractivity contribution is -0.149. The first-order valence-electron chi connectivity index (χ1n) is 7.28. The summed E-state index contributed by atoms with van der Waals surface area (Å²) in [5.74, 6) is -0.945. The standard InChI is InChI=1S/C15H18BrNO4S/c1-10-4-2-6-12(13(10)16)22(20,21)17-8-11-5-3-7-15(11,9-17)14(18)19/h2,4,6,11H,3,5,7-9H2,1H3,(H,18,19)/t11-,15+/m0/s1. The van der Waals surface area contributed by atoms with Crippen LogP contribution in [0.25, 0.3) is 0 Å². The number of carboxylic acid groups (broad SMARTS) is 1. The maximum atomic E-state index is 12.9. The van der Waals surface area contributed by atoms with Crippen molar-refractivity contribution in [3.05, 3.63) is 28.2 Å². The lowest BCUT2D eigenvalue weighted by Crippen LogP contribution is -2.37. The minimum absolute atomic E-state index is 0.0791. The number of aliphatic carboxylic acids is 1. The molecule has 0 amide bonds. The first kappa shape index (κ1) is 16.0. The zero-order valence-electron chi connectivity index (χ0n) is 12.3. The maximum absolute atomic E-state index is 12.9. The molecule has 1 saturated heterocycles. The number of fused-ring (bicyclic) bond motifs is 1. The van der Waals surface area contributed by atoms with Gasteiger partial charge in [-0.3, -0.25) is 4.79 Å². The molecule has 0 bridgehead atoms. The van der Waals surface area contributed by atoms with Crippen LogP contribution in [0.3, 0.4) is 0 Å². The molecule has 1 heterocycles. The van der Waals surface area contributed by atoms with Crippen LogP contribution in [-0.4, -0.2) is 36.9 Å². The van der Waals surface area contributed by atoms with Crippen LogP contribution in [0.5, 0.6) is 0 Å². The molecule has 1 aromatic carbocycles. The molecule has 3 rings (SSSR count). The van der Waals surface area contributed by atoms with Crippen molar-refractivity contribution in [2.24, 2.45) is 11.3 Å². The number of benzene rings is 1. The largest absolute Gasteiger partial charge is 0.481 e. The van der Waals surface area contributed by atoms with E-state index in [-0.39, 0.29) is 17.4 Å². The fourth-order valence-corrected chi connectivity index (χ4v) is 6.31. The maximum Gasteiger partial charge on any atom is 0.311 e. The zero-order chi connectivity index (χ0) is 16.1. The van der Waals surface area contributed by atoms with Gasteiger partial charge in [0.2, 0.25) is 10.0 Å². The molecule has 5 nitrogen and oxygen atoms in total. The predicted octanol–water partition coefficient (Wildman–Crippen LogP) is 2.63. The van der Waals surface area contributed by atoms with E-state index in [9.17, 15) is 18.3 Å². The van der Waals surface area contributed by atoms with Crippen molar-refractivity contribution in [1.29, 1.82) is 0 Å². The van der Waals surface area contributed by atoms with Gasteiger partial charge in [-0.05, 0) is 53.2 Å². The molecule has 2 aliphatic rings. The highest BCUT2D eigenvalue weighted by atomic mass is 79.9. The molecule has 0 aromatic heterocycles. The summed E-state index contributed by atoms with van der Waals surface area (Å²) >= 11 is 3.34. The first-order chi connectivity index (χ1) is 10.3. The first-order valence-corrected chi connectivity index (χ1v) is 9.51. The molecular weight excluding hydrogens is 370 g/mol. The molecule has 22 heavy (non-hydrogen) atoms. The quantitative estimate of drug-likeness (QED) is 0.864. The van der Waals surface area contributed by atoms with E-state index in [0.29, 0.717) is 17.4 Å². The third kappa shape index (κ3) is 2.21. The van der Waals surface area contributed by atoms with Gasteiger partial charge in [0.1, 0.15) is 0 Å². The molecule has 1 aromatic rings. The number of nitrogens with zero attached hydrogens (tertiary/aromatic N) is 1. The van der Waals surface area contributed by atoms with Gasteiger partial charge in [-0.1, -0.05) is 18.6 Å². The number of carboxylic acids is 1. The lowest BCUT2D eigenvalue weighted by atomic mass is 9.81. The third-order valence-electron chi connectivity index (χ3n) is 5.04. The van der Waals surface area contributed by atoms with Gasteiger partial charge in [0, 0.05) is 17.6 Å². The summed E-state index contributed by atoms with van der Waals surface area (Å²) in [6.07, 6.45) is 2.21. The molecule has 0 spiro atoms. The van der Waals surface area contributed by atoms with Gasteiger partial charge in [0.25, 0.3) is 0 Å². The second-order valence-corrected chi connectivity index (χ2v) is 8.93. The van der Waals surface area contributed by atoms with E-state index < -0.39 is 21.4 Å². The predicted molar refractivity (Wildman–Crippen MR) is 85.0 cm³/mol. The van der Waals surface area contributed by atoms with E-state index in [4.69, 9.17) is 0 Å². The minimum atomic E-state index is -3.68. The molecule has 1 N–H and O–H groups in total. The van der Waals surface area contributed by atoms with Crippen LogP contribution in [0.2, 0.25) is 0 Å². The average Bonchev–Trinajstić information content (AvgIpc) is 2.99. The molecule has 1 aliphatic heterocycles. The Labute approximate surface area is 138 Å². The SMILES string of the molecule is Cc1cccc(S(=O)(=O)N2C[C@@H]3CCC[C@@]3(C(=O)O)C2)c1Br. The van der Waals surface area contributed by atoms with Crippen molar-refractivity contribution in [1.82, 2.24) is 4.31 Å². The van der Waals surface area contributed by atoms with E-state index in [1.165, 1.54) is 4.31 Å². The number of carbonyl (C=O) groups is 1. The molecule has 2 fully saturated rings. The number of hydrogen-bond acceptors (Lipinski definition) is 3. The van der Waals surface area contributed by atoms with E-state index in [1.807, 2.05) is 13.0 Å². The number of halogens is 1. The molecular formula is C15H18BrNO4S. The number of sulfonamides is 1. The second-order valence-electron chi connectivity index (χ2n) is 6.24. The highest BCUT2D eigenvalue weighted by Gasteiger charge is 2.57. The van der Waals surface area contributed by atoms with Crippen LogP contribution in [0, 0.1) is 18.3 Å². The Hall–Kier alpha value is -0.920. The highest BCUT2D eigenvalue weighted by molar-refractivity contribution is 9.10. The van der Waals surface area contributed by atoms with Crippen molar-refractivity contribution in [2.75, 3.05) is 13.1 Å². The smallest absolute Gasteiger partial charge is 0.311 e. The zero-order valence-corrected chi connectivity index (χ0v) is 14.7. The van der Waals surface area contributed by atoms with Crippen LogP contribution >= 0.6 is 15.9 Å². The van der Waals surface area contributed by atoms with Crippen LogP contribution in [-0.2, 0) is 14.8 Å². The van der Waals surface area contributed by atoms with Crippen LogP contribution in [0.1, 0.15) is 24.8 Å². The topological polar surface area (TPSA) is 74.7 Å². The summed E-state index contributed by atoms with van der Waals surface area (Å²) < 4.78 is 27.7. The Kier molecular flexibility index (Phi) is 3.86. The Morgan fingerprint density at radius 1 is 1.45 bits per heavy atom. The van der Waals surface area contributed by atoms with Crippen molar-refractivity contribution in [3.8, 4) is 0 Å². The Morgan fingerprint density at radius 3 is 2.82 bits per heavy atom. The van der Waals surface area contributed by atoms with Gasteiger partial charge in [-0.15, -0.1) is 0 Å². The summed E-state index contributed by atoms with van der Waals surface area (Å²) in [4.78, 5) is 11.9. The monoisotopic (exact) mass is 387 g/mol. The van der Waals surface area contributed by atoms with Gasteiger partial charge in [-0.25, -0.2) is 8.42 Å². The summed E-state index contributed by atoms with van der Waals surface area (Å²) in [6.45, 7) is 2.21. The molecule has 120 valence electrons. The average molecular weight is 388 g/mol. The number of aryl methyl sites for hydroxylation is 1. The van der Waals surface area contributed by atoms with Crippen molar-refractivity contribution in [2.45, 2.75) is 31.1 Å². The minimum Gasteiger partial charge on any atom is -0.481 e. The van der Waals surface area contributed by atoms with Crippen molar-refractivity contribution < 1.29 is 18.3 Å². The van der Waals surface area contributed by atoms with Crippen LogP contribution < -0.4 is 0 Å². The molecule has 0 unspecified atom stereocenters. The molecule has 0 radical (unpaired) electrons. The fourth-order valence-electron chi connectivity index (χ4n) is 3.73. The Balaban J connectivity index is 1.99. The molecule has 2 atom stereocenters. The van der Waals surface area contributed by atoms with E-state index in [0.717, 1.165) is 18.4 Å². The molecule has 1 saturated carbocycles. The number of rotatable bonds is 3. The van der Waals surface area contributed by atoms with Crippen LogP contribution in [0.15, 0.2) is 27.6 Å². The highest BCUT2D eigenvalue weighted by Crippen LogP contribution is 2.50. The van der Waals surface area contributed by atoms with Gasteiger partial charge < -0.3 is 5.11 Å². The summed E-state index contributed by atoms with van der Waals surface area (Å²) in [7, 11) is -3.68. The molecule has 7 heteroatoms. The van der Waals surface area contributed by atoms with Crippen molar-refractivity contribution in [3.63, 3.8) is 0 Å². The van der Waals surface area contributed by atoms with Gasteiger partial charge in [0.05, 0.1) is 10.3 Å². The normalized spacial score (nSPS) is 28.7. The number of hydrogen-bond donors (Lipinski definition) is 1. The Morgan fingerprint density at radius 2 is 2.18 bits per heavy atom. The van der Waals surface area contributed by atoms with Gasteiger partial charge >= 0.3 is 5.97 Å². The summed E-state index contributed by atoms with van der Waals surface area (Å²) in [5, 5.41) is 9.60. The fraction of sp³-hybridized carbons (Fsp3) is 0.533. The lowest BCUT2D eigenvalue weighted by Gasteiger charge is -2.23. The van der Waals surface area contributed by atoms with E-state index in [2.05, 4.69) is 15.9 Å². The van der Waals surface area contributed by atoms with Crippen molar-refractivity contribution >= 4 is 31.9 Å². The van der Waals surface area contributed by atoms with E-state index in [1.54, 1.807) is 12.1 Å².